The van der Waals surface area contributed by atoms with Crippen LogP contribution in [0.2, 0.25) is 0 Å². The highest BCUT2D eigenvalue weighted by molar-refractivity contribution is 5.90. The van der Waals surface area contributed by atoms with Crippen LogP contribution in [-0.2, 0) is 11.2 Å². The van der Waals surface area contributed by atoms with Crippen molar-refractivity contribution in [2.45, 2.75) is 84.4 Å². The molecule has 3 rings (SSSR count). The van der Waals surface area contributed by atoms with E-state index in [2.05, 4.69) is 29.5 Å². The average Bonchev–Trinajstić information content (AvgIpc) is 2.86. The number of hydrogen-bond donors (Lipinski definition) is 3. The summed E-state index contributed by atoms with van der Waals surface area (Å²) in [5.41, 5.74) is 1.36. The largest absolute Gasteiger partial charge is 0.488 e. The molecule has 1 aliphatic heterocycles. The summed E-state index contributed by atoms with van der Waals surface area (Å²) >= 11 is 0. The molecule has 202 valence electrons. The highest BCUT2D eigenvalue weighted by Gasteiger charge is 2.31. The van der Waals surface area contributed by atoms with Gasteiger partial charge in [-0.2, -0.15) is 0 Å². The molecule has 8 nitrogen and oxygen atoms in total. The number of aliphatic hydroxyl groups excluding tert-OH is 1. The maximum absolute atomic E-state index is 13.3. The molecule has 1 heterocycles. The summed E-state index contributed by atoms with van der Waals surface area (Å²) in [6.45, 7) is 10.1. The van der Waals surface area contributed by atoms with Crippen LogP contribution in [0.5, 0.6) is 5.75 Å². The van der Waals surface area contributed by atoms with Crippen LogP contribution in [0.25, 0.3) is 0 Å². The van der Waals surface area contributed by atoms with E-state index in [0.717, 1.165) is 24.6 Å². The molecule has 36 heavy (non-hydrogen) atoms. The van der Waals surface area contributed by atoms with Crippen molar-refractivity contribution >= 4 is 17.6 Å². The zero-order chi connectivity index (χ0) is 26.2. The summed E-state index contributed by atoms with van der Waals surface area (Å²) in [5.74, 6) is 1.45. The topological polar surface area (TPSA) is 94.1 Å². The molecule has 0 aromatic heterocycles. The van der Waals surface area contributed by atoms with Crippen molar-refractivity contribution < 1.29 is 19.4 Å². The Balaban J connectivity index is 1.83. The van der Waals surface area contributed by atoms with Crippen LogP contribution in [0, 0.1) is 11.8 Å². The van der Waals surface area contributed by atoms with Crippen LogP contribution in [0.15, 0.2) is 18.2 Å². The van der Waals surface area contributed by atoms with Gasteiger partial charge in [-0.1, -0.05) is 26.2 Å². The van der Waals surface area contributed by atoms with Crippen molar-refractivity contribution in [2.24, 2.45) is 11.8 Å². The Labute approximate surface area is 216 Å². The van der Waals surface area contributed by atoms with Gasteiger partial charge in [-0.05, 0) is 64.8 Å². The van der Waals surface area contributed by atoms with Gasteiger partial charge in [-0.25, -0.2) is 4.79 Å². The second-order valence-electron chi connectivity index (χ2n) is 11.2. The first-order valence-corrected chi connectivity index (χ1v) is 13.6. The molecule has 0 spiro atoms. The molecule has 0 radical (unpaired) electrons. The third-order valence-electron chi connectivity index (χ3n) is 7.38. The molecule has 8 heteroatoms. The molecule has 1 fully saturated rings. The minimum atomic E-state index is -0.286. The fourth-order valence-corrected chi connectivity index (χ4v) is 5.35. The maximum atomic E-state index is 13.3. The van der Waals surface area contributed by atoms with Crippen molar-refractivity contribution in [3.05, 3.63) is 23.8 Å². The van der Waals surface area contributed by atoms with Crippen LogP contribution in [0.3, 0.4) is 0 Å². The van der Waals surface area contributed by atoms with Crippen molar-refractivity contribution in [3.8, 4) is 5.75 Å². The molecule has 1 aromatic carbocycles. The number of rotatable bonds is 8. The molecule has 3 amide bonds. The highest BCUT2D eigenvalue weighted by Crippen LogP contribution is 2.30. The van der Waals surface area contributed by atoms with Gasteiger partial charge in [0.05, 0.1) is 19.1 Å². The second kappa shape index (κ2) is 13.3. The second-order valence-corrected chi connectivity index (χ2v) is 11.2. The van der Waals surface area contributed by atoms with E-state index in [1.54, 1.807) is 4.90 Å². The fourth-order valence-electron chi connectivity index (χ4n) is 5.35. The number of carbonyl (C=O) groups is 2. The van der Waals surface area contributed by atoms with E-state index in [9.17, 15) is 14.7 Å². The summed E-state index contributed by atoms with van der Waals surface area (Å²) in [4.78, 5) is 29.7. The number of carbonyl (C=O) groups excluding carboxylic acids is 2. The van der Waals surface area contributed by atoms with Crippen LogP contribution in [-0.4, -0.2) is 78.3 Å². The number of hydrogen-bond acceptors (Lipinski definition) is 5. The molecule has 0 saturated heterocycles. The predicted molar refractivity (Wildman–Crippen MR) is 143 cm³/mol. The van der Waals surface area contributed by atoms with Gasteiger partial charge in [0.25, 0.3) is 0 Å². The standard InChI is InChI=1S/C28H46N4O4/c1-19(2)29-28(35)30-24-11-12-25-23(13-24)14-27(34)32(21(4)18-33)15-20(3)26(36-25)17-31(5)16-22-9-7-6-8-10-22/h11-13,19-22,26,33H,6-10,14-18H2,1-5H3,(H2,29,30,35)/t20-,21+,26-/m1/s1. The van der Waals surface area contributed by atoms with Crippen LogP contribution >= 0.6 is 0 Å². The monoisotopic (exact) mass is 502 g/mol. The number of ether oxygens (including phenoxy) is 1. The molecule has 0 unspecified atom stereocenters. The van der Waals surface area contributed by atoms with Gasteiger partial charge in [0.15, 0.2) is 0 Å². The van der Waals surface area contributed by atoms with Gasteiger partial charge in [0.2, 0.25) is 5.91 Å². The van der Waals surface area contributed by atoms with E-state index in [1.165, 1.54) is 32.1 Å². The Bertz CT molecular complexity index is 871. The number of fused-ring (bicyclic) bond motifs is 1. The lowest BCUT2D eigenvalue weighted by Crippen LogP contribution is -2.48. The van der Waals surface area contributed by atoms with Crippen LogP contribution < -0.4 is 15.4 Å². The first-order valence-electron chi connectivity index (χ1n) is 13.6. The van der Waals surface area contributed by atoms with Crippen molar-refractivity contribution in [3.63, 3.8) is 0 Å². The minimum Gasteiger partial charge on any atom is -0.488 e. The van der Waals surface area contributed by atoms with Crippen molar-refractivity contribution in [1.82, 2.24) is 15.1 Å². The number of nitrogens with one attached hydrogen (secondary N) is 2. The van der Waals surface area contributed by atoms with E-state index in [1.807, 2.05) is 39.0 Å². The number of likely N-dealkylation sites (N-methyl/N-ethyl adjacent to an activating group) is 1. The Hall–Kier alpha value is -2.32. The fraction of sp³-hybridized carbons (Fsp3) is 0.714. The Morgan fingerprint density at radius 2 is 1.92 bits per heavy atom. The number of aliphatic hydroxyl groups is 1. The molecule has 2 aliphatic rings. The highest BCUT2D eigenvalue weighted by atomic mass is 16.5. The van der Waals surface area contributed by atoms with Gasteiger partial charge in [0, 0.05) is 42.8 Å². The molecule has 1 aromatic rings. The van der Waals surface area contributed by atoms with Gasteiger partial charge < -0.3 is 30.3 Å². The minimum absolute atomic E-state index is 0.0177. The SMILES string of the molecule is CC(C)NC(=O)Nc1ccc2c(c1)CC(=O)N([C@@H](C)CO)C[C@@H](C)[C@@H](CN(C)CC1CCCCC1)O2. The van der Waals surface area contributed by atoms with Gasteiger partial charge in [0.1, 0.15) is 11.9 Å². The molecule has 1 saturated carbocycles. The van der Waals surface area contributed by atoms with E-state index < -0.39 is 0 Å². The first kappa shape index (κ1) is 28.3. The van der Waals surface area contributed by atoms with Gasteiger partial charge in [-0.15, -0.1) is 0 Å². The van der Waals surface area contributed by atoms with Crippen molar-refractivity contribution in [2.75, 3.05) is 38.6 Å². The molecule has 3 N–H and O–H groups in total. The zero-order valence-electron chi connectivity index (χ0n) is 22.8. The first-order chi connectivity index (χ1) is 17.2. The summed E-state index contributed by atoms with van der Waals surface area (Å²) < 4.78 is 6.61. The van der Waals surface area contributed by atoms with E-state index in [-0.39, 0.29) is 49.1 Å². The summed E-state index contributed by atoms with van der Waals surface area (Å²) in [7, 11) is 2.16. The summed E-state index contributed by atoms with van der Waals surface area (Å²) in [6, 6.07) is 4.96. The van der Waals surface area contributed by atoms with E-state index >= 15 is 0 Å². The van der Waals surface area contributed by atoms with Gasteiger partial charge in [-0.3, -0.25) is 4.79 Å². The van der Waals surface area contributed by atoms with Crippen LogP contribution in [0.4, 0.5) is 10.5 Å². The normalized spacial score (nSPS) is 22.3. The average molecular weight is 503 g/mol. The Morgan fingerprint density at radius 1 is 1.19 bits per heavy atom. The van der Waals surface area contributed by atoms with E-state index in [0.29, 0.717) is 18.0 Å². The number of nitrogens with zero attached hydrogens (tertiary/aromatic N) is 2. The Kier molecular flexibility index (Phi) is 10.4. The molecular formula is C28H46N4O4. The molecule has 1 aliphatic carbocycles. The zero-order valence-corrected chi connectivity index (χ0v) is 22.8. The van der Waals surface area contributed by atoms with Gasteiger partial charge >= 0.3 is 6.03 Å². The summed E-state index contributed by atoms with van der Waals surface area (Å²) in [5, 5.41) is 15.5. The predicted octanol–water partition coefficient (Wildman–Crippen LogP) is 3.88. The van der Waals surface area contributed by atoms with E-state index in [4.69, 9.17) is 4.74 Å². The molecule has 3 atom stereocenters. The number of amides is 3. The number of anilines is 1. The van der Waals surface area contributed by atoms with Crippen molar-refractivity contribution in [1.29, 1.82) is 0 Å². The number of urea groups is 1. The third kappa shape index (κ3) is 8.10. The smallest absolute Gasteiger partial charge is 0.319 e. The third-order valence-corrected chi connectivity index (χ3v) is 7.38. The maximum Gasteiger partial charge on any atom is 0.319 e. The van der Waals surface area contributed by atoms with Crippen LogP contribution in [0.1, 0.15) is 65.4 Å². The lowest BCUT2D eigenvalue weighted by atomic mass is 9.89. The quantitative estimate of drug-likeness (QED) is 0.502. The molecule has 0 bridgehead atoms. The number of benzene rings is 1. The lowest BCUT2D eigenvalue weighted by Gasteiger charge is -2.35. The molecular weight excluding hydrogens is 456 g/mol. The Morgan fingerprint density at radius 3 is 2.58 bits per heavy atom. The lowest BCUT2D eigenvalue weighted by molar-refractivity contribution is -0.134. The summed E-state index contributed by atoms with van der Waals surface area (Å²) in [6.07, 6.45) is 6.63.